The lowest BCUT2D eigenvalue weighted by molar-refractivity contribution is -0.664. The monoisotopic (exact) mass is 1590 g/mol. The number of aromatic carboxylic acids is 4. The van der Waals surface area contributed by atoms with Gasteiger partial charge in [-0.15, -0.1) is 0 Å². The standard InChI is InChI=1S/C16H19N3O5S.C16H19N3O4S.C15H18N4O6S2.C13H16N4O6S2.2ClH/c17-25(22,23)19-10-7-14(15(19)16(20)21)11-1-3-12(4-2-11)24-13-5-8-18-9-6-13;17-24(22,23)19-10-7-14(15(19)16(20)21)13-3-1-11(2-4-13)12-5-8-18-9-6-12;16-27(24,25)19-8-5-13(14(19)15(20)21)11-1-3-12(4-2-11)26(22,23)18-9-6-17-7-10-18;14-6-7-16-24(20,21)10-3-1-9(2-4-10)11-5-8-17(25(15,22)23)12(11)13(18)19;;/h1-4,7,10,13,18H,5-6,8-9H2,(H,20,21)(H2,17,22,23);1-4,7,10,12,18H,5-6,8-9H2,(H,20,21)(H2,17,22,23);1-5,8,17H,6-7,9-10H2,(H,20,21)(H2,16,24,25);1-5,8,16H,6-7,14H2,(H,18,19)(H2,15,22,23);2*1H. The SMILES string of the molecule is NCCNS(=O)(=O)c1ccc(-c2ccn(S(N)(=O)=O)c2C(=O)O)cc1.NS(=O)(=O)n1ccc(-c2ccc(C3CC[NH2+]CC3)cc2)c1C(=O)O.NS(=O)(=O)n1ccc(-c2ccc(OC3CC[NH2+]CC3)cc2)c1C(=O)O.NS(=O)(=O)n1ccc(-c2ccc(S(=O)(=O)N3CCNCC3)cc2)c1C(=O)O.[Cl-].[Cl-]. The molecule has 11 rings (SSSR count). The maximum absolute atomic E-state index is 12.6. The maximum Gasteiger partial charge on any atom is 0.354 e. The summed E-state index contributed by atoms with van der Waals surface area (Å²) < 4.78 is 153. The van der Waals surface area contributed by atoms with Crippen molar-refractivity contribution in [3.05, 3.63) is 174 Å². The number of carboxylic acids is 4. The summed E-state index contributed by atoms with van der Waals surface area (Å²) in [7, 11) is -24.3. The van der Waals surface area contributed by atoms with Gasteiger partial charge in [-0.25, -0.2) is 77.2 Å². The fraction of sp³-hybridized carbons (Fsp3) is 0.267. The number of halogens is 2. The minimum atomic E-state index is -4.29. The maximum atomic E-state index is 12.6. The lowest BCUT2D eigenvalue weighted by Crippen LogP contribution is -3.00. The van der Waals surface area contributed by atoms with Crippen LogP contribution >= 0.6 is 0 Å². The van der Waals surface area contributed by atoms with Gasteiger partial charge in [0.1, 0.15) is 11.9 Å². The Kier molecular flexibility index (Phi) is 28.3. The molecular weight excluding hydrogens is 1520 g/mol. The summed E-state index contributed by atoms with van der Waals surface area (Å²) in [4.78, 5) is 45.9. The number of benzene rings is 4. The third kappa shape index (κ3) is 20.7. The van der Waals surface area contributed by atoms with E-state index in [0.29, 0.717) is 81.6 Å². The van der Waals surface area contributed by atoms with E-state index in [9.17, 15) is 90.1 Å². The number of piperazine rings is 1. The van der Waals surface area contributed by atoms with Crippen LogP contribution in [0, 0.1) is 0 Å². The van der Waals surface area contributed by atoms with Crippen LogP contribution in [0.1, 0.15) is 79.1 Å². The summed E-state index contributed by atoms with van der Waals surface area (Å²) >= 11 is 0. The van der Waals surface area contributed by atoms with Crippen LogP contribution in [-0.4, -0.2) is 187 Å². The molecule has 0 atom stereocenters. The van der Waals surface area contributed by atoms with Crippen molar-refractivity contribution in [3.63, 3.8) is 0 Å². The van der Waals surface area contributed by atoms with Crippen LogP contribution in [0.5, 0.6) is 5.75 Å². The molecule has 3 fully saturated rings. The van der Waals surface area contributed by atoms with Crippen molar-refractivity contribution in [2.45, 2.75) is 47.5 Å². The number of nitrogens with zero attached hydrogens (tertiary/aromatic N) is 5. The van der Waals surface area contributed by atoms with Crippen molar-refractivity contribution in [2.75, 3.05) is 65.4 Å². The van der Waals surface area contributed by atoms with E-state index in [4.69, 9.17) is 31.0 Å². The summed E-state index contributed by atoms with van der Waals surface area (Å²) in [5.41, 5.74) is 7.39. The smallest absolute Gasteiger partial charge is 0.354 e. The molecule has 0 spiro atoms. The van der Waals surface area contributed by atoms with Crippen molar-refractivity contribution < 1.29 is 130 Å². The molecule has 8 aromatic rings. The molecule has 0 bridgehead atoms. The number of nitrogens with two attached hydrogens (primary N) is 7. The average Bonchev–Trinajstić information content (AvgIpc) is 1.70. The Morgan fingerprint density at radius 2 is 0.767 bits per heavy atom. The summed E-state index contributed by atoms with van der Waals surface area (Å²) in [5, 5.41) is 65.2. The first-order valence-corrected chi connectivity index (χ1v) is 39.4. The molecule has 0 aliphatic carbocycles. The van der Waals surface area contributed by atoms with Crippen molar-refractivity contribution in [1.82, 2.24) is 30.2 Å². The van der Waals surface area contributed by atoms with Crippen LogP contribution in [0.3, 0.4) is 0 Å². The molecule has 560 valence electrons. The highest BCUT2D eigenvalue weighted by molar-refractivity contribution is 7.90. The molecule has 0 unspecified atom stereocenters. The third-order valence-electron chi connectivity index (χ3n) is 16.1. The molecule has 7 heterocycles. The van der Waals surface area contributed by atoms with Gasteiger partial charge in [-0.05, 0) is 94.4 Å². The Morgan fingerprint density at radius 3 is 1.09 bits per heavy atom. The van der Waals surface area contributed by atoms with E-state index in [0.717, 1.165) is 70.5 Å². The van der Waals surface area contributed by atoms with Crippen LogP contribution in [0.4, 0.5) is 0 Å². The minimum Gasteiger partial charge on any atom is -1.00 e. The molecule has 43 heteroatoms. The molecule has 0 radical (unpaired) electrons. The Morgan fingerprint density at radius 1 is 0.456 bits per heavy atom. The van der Waals surface area contributed by atoms with Gasteiger partial charge in [0.25, 0.3) is 0 Å². The van der Waals surface area contributed by atoms with E-state index in [2.05, 4.69) is 20.7 Å². The third-order valence-corrected chi connectivity index (χ3v) is 22.9. The van der Waals surface area contributed by atoms with Crippen molar-refractivity contribution in [1.29, 1.82) is 0 Å². The van der Waals surface area contributed by atoms with Crippen molar-refractivity contribution >= 4 is 84.8 Å². The van der Waals surface area contributed by atoms with Crippen LogP contribution < -0.4 is 76.5 Å². The number of sulfonamides is 2. The molecule has 103 heavy (non-hydrogen) atoms. The topological polar surface area (TPSA) is 574 Å². The van der Waals surface area contributed by atoms with E-state index >= 15 is 0 Å². The van der Waals surface area contributed by atoms with Crippen molar-refractivity contribution in [3.8, 4) is 50.3 Å². The average molecular weight is 1590 g/mol. The molecule has 4 aromatic carbocycles. The molecule has 0 saturated carbocycles. The first kappa shape index (κ1) is 83.5. The van der Waals surface area contributed by atoms with Crippen LogP contribution in [0.25, 0.3) is 44.5 Å². The largest absolute Gasteiger partial charge is 1.00 e. The number of nitrogens with one attached hydrogen (secondary N) is 2. The van der Waals surface area contributed by atoms with Gasteiger partial charge in [0.05, 0.1) is 36.0 Å². The van der Waals surface area contributed by atoms with E-state index < -0.39 is 96.1 Å². The van der Waals surface area contributed by atoms with Gasteiger partial charge < -0.3 is 71.7 Å². The number of hydrogen-bond donors (Lipinski definition) is 13. The molecule has 3 aliphatic heterocycles. The van der Waals surface area contributed by atoms with Gasteiger partial charge in [-0.2, -0.15) is 38.0 Å². The fourth-order valence-corrected chi connectivity index (χ4v) is 16.5. The number of carboxylic acid groups (broad SMARTS) is 4. The lowest BCUT2D eigenvalue weighted by atomic mass is 9.89. The van der Waals surface area contributed by atoms with Gasteiger partial charge in [0.15, 0.2) is 22.8 Å². The second-order valence-electron chi connectivity index (χ2n) is 22.8. The second-order valence-corrected chi connectivity index (χ2v) is 32.2. The van der Waals surface area contributed by atoms with Gasteiger partial charge in [0, 0.05) is 112 Å². The Hall–Kier alpha value is -8.44. The summed E-state index contributed by atoms with van der Waals surface area (Å²) in [6, 6.07) is 30.9. The zero-order chi connectivity index (χ0) is 74.0. The Labute approximate surface area is 605 Å². The van der Waals surface area contributed by atoms with Crippen LogP contribution in [-0.2, 0) is 60.9 Å². The highest BCUT2D eigenvalue weighted by atomic mass is 35.5. The first-order valence-electron chi connectivity index (χ1n) is 30.5. The fourth-order valence-electron chi connectivity index (χ4n) is 11.3. The Bertz CT molecular complexity index is 5060. The summed E-state index contributed by atoms with van der Waals surface area (Å²) in [6.45, 7) is 6.41. The number of carbonyl (C=O) groups is 4. The molecular formula is C60H74Cl2N14O21S6. The second kappa shape index (κ2) is 34.9. The van der Waals surface area contributed by atoms with E-state index in [1.807, 2.05) is 24.3 Å². The number of aromatic nitrogens is 4. The lowest BCUT2D eigenvalue weighted by Gasteiger charge is -2.26. The van der Waals surface area contributed by atoms with Crippen LogP contribution in [0.2, 0.25) is 0 Å². The summed E-state index contributed by atoms with van der Waals surface area (Å²) in [5.74, 6) is -4.43. The van der Waals surface area contributed by atoms with Crippen LogP contribution in [0.15, 0.2) is 156 Å². The number of rotatable bonds is 21. The molecule has 3 aliphatic rings. The molecule has 0 amide bonds. The van der Waals surface area contributed by atoms with E-state index in [-0.39, 0.29) is 81.9 Å². The Balaban J connectivity index is 0.000000214. The highest BCUT2D eigenvalue weighted by Gasteiger charge is 2.30. The summed E-state index contributed by atoms with van der Waals surface area (Å²) in [6.07, 6.45) is 8.78. The number of ether oxygens (including phenoxy) is 1. The zero-order valence-electron chi connectivity index (χ0n) is 54.1. The number of hydrogen-bond acceptors (Lipinski definition) is 19. The minimum absolute atomic E-state index is 0. The van der Waals surface area contributed by atoms with E-state index in [1.165, 1.54) is 88.9 Å². The van der Waals surface area contributed by atoms with Gasteiger partial charge in [-0.3, -0.25) is 0 Å². The highest BCUT2D eigenvalue weighted by Crippen LogP contribution is 2.33. The quantitative estimate of drug-likeness (QED) is 0.0318. The first-order chi connectivity index (χ1) is 47.4. The predicted molar refractivity (Wildman–Crippen MR) is 366 cm³/mol. The molecule has 4 aromatic heterocycles. The number of piperidine rings is 2. The van der Waals surface area contributed by atoms with Gasteiger partial charge in [-0.1, -0.05) is 60.7 Å². The number of quaternary nitrogens is 2. The predicted octanol–water partition coefficient (Wildman–Crippen LogP) is -7.00. The normalized spacial score (nSPS) is 14.9. The molecule has 35 nitrogen and oxygen atoms in total. The van der Waals surface area contributed by atoms with Gasteiger partial charge >= 0.3 is 64.7 Å². The van der Waals surface area contributed by atoms with Gasteiger partial charge in [0.2, 0.25) is 20.0 Å². The molecule has 20 N–H and O–H groups in total. The zero-order valence-corrected chi connectivity index (χ0v) is 60.5. The molecule has 3 saturated heterocycles. The van der Waals surface area contributed by atoms with E-state index in [1.54, 1.807) is 24.3 Å². The van der Waals surface area contributed by atoms with Crippen molar-refractivity contribution in [2.24, 2.45) is 26.3 Å².